The fraction of sp³-hybridized carbons (Fsp3) is 0.471. The minimum absolute atomic E-state index is 0.0343. The molecule has 0 N–H and O–H groups in total. The Kier molecular flexibility index (Phi) is 3.41. The number of amides is 1. The SMILES string of the molecule is O=C(c1cnc2ccccn2c1=O)N1CCC2(CCCO2)CC1. The van der Waals surface area contributed by atoms with E-state index in [9.17, 15) is 9.59 Å². The van der Waals surface area contributed by atoms with E-state index in [-0.39, 0.29) is 22.6 Å². The van der Waals surface area contributed by atoms with Crippen LogP contribution in [-0.2, 0) is 4.74 Å². The molecular weight excluding hydrogens is 294 g/mol. The fourth-order valence-electron chi connectivity index (χ4n) is 3.61. The maximum absolute atomic E-state index is 12.7. The van der Waals surface area contributed by atoms with Crippen molar-refractivity contribution < 1.29 is 9.53 Å². The van der Waals surface area contributed by atoms with Crippen LogP contribution in [0.5, 0.6) is 0 Å². The van der Waals surface area contributed by atoms with Crippen LogP contribution in [0.4, 0.5) is 0 Å². The van der Waals surface area contributed by atoms with Gasteiger partial charge in [-0.05, 0) is 37.8 Å². The Hall–Kier alpha value is -2.21. The summed E-state index contributed by atoms with van der Waals surface area (Å²) < 4.78 is 7.30. The van der Waals surface area contributed by atoms with Gasteiger partial charge in [-0.25, -0.2) is 4.98 Å². The van der Waals surface area contributed by atoms with Crippen LogP contribution in [0.25, 0.3) is 5.65 Å². The molecule has 0 unspecified atom stereocenters. The molecule has 120 valence electrons. The van der Waals surface area contributed by atoms with Gasteiger partial charge in [0.15, 0.2) is 0 Å². The van der Waals surface area contributed by atoms with Crippen LogP contribution >= 0.6 is 0 Å². The van der Waals surface area contributed by atoms with Crippen LogP contribution in [0.2, 0.25) is 0 Å². The average molecular weight is 313 g/mol. The zero-order valence-electron chi connectivity index (χ0n) is 12.9. The zero-order valence-corrected chi connectivity index (χ0v) is 12.9. The van der Waals surface area contributed by atoms with Crippen molar-refractivity contribution in [3.63, 3.8) is 0 Å². The lowest BCUT2D eigenvalue weighted by Gasteiger charge is -2.38. The molecule has 6 nitrogen and oxygen atoms in total. The first kappa shape index (κ1) is 14.4. The third kappa shape index (κ3) is 2.43. The van der Waals surface area contributed by atoms with Gasteiger partial charge in [-0.2, -0.15) is 0 Å². The van der Waals surface area contributed by atoms with E-state index in [0.29, 0.717) is 18.7 Å². The molecule has 0 bridgehead atoms. The number of hydrogen-bond donors (Lipinski definition) is 0. The van der Waals surface area contributed by atoms with Gasteiger partial charge in [0.05, 0.1) is 5.60 Å². The summed E-state index contributed by atoms with van der Waals surface area (Å²) in [5.74, 6) is -0.228. The molecule has 0 saturated carbocycles. The van der Waals surface area contributed by atoms with Gasteiger partial charge in [-0.3, -0.25) is 14.0 Å². The number of carbonyl (C=O) groups excluding carboxylic acids is 1. The van der Waals surface area contributed by atoms with E-state index in [2.05, 4.69) is 4.98 Å². The Bertz CT molecular complexity index is 798. The Morgan fingerprint density at radius 3 is 2.78 bits per heavy atom. The number of likely N-dealkylation sites (tertiary alicyclic amines) is 1. The summed E-state index contributed by atoms with van der Waals surface area (Å²) >= 11 is 0. The van der Waals surface area contributed by atoms with Crippen molar-refractivity contribution in [3.05, 3.63) is 46.5 Å². The lowest BCUT2D eigenvalue weighted by atomic mass is 9.88. The Morgan fingerprint density at radius 2 is 2.04 bits per heavy atom. The minimum atomic E-state index is -0.307. The zero-order chi connectivity index (χ0) is 15.9. The number of pyridine rings is 1. The third-order valence-corrected chi connectivity index (χ3v) is 4.99. The Labute approximate surface area is 133 Å². The average Bonchev–Trinajstić information content (AvgIpc) is 3.04. The topological polar surface area (TPSA) is 63.9 Å². The molecule has 2 aromatic rings. The van der Waals surface area contributed by atoms with Gasteiger partial charge in [0.2, 0.25) is 0 Å². The number of hydrogen-bond acceptors (Lipinski definition) is 4. The second kappa shape index (κ2) is 5.45. The van der Waals surface area contributed by atoms with E-state index in [1.54, 1.807) is 23.2 Å². The summed E-state index contributed by atoms with van der Waals surface area (Å²) in [4.78, 5) is 31.2. The van der Waals surface area contributed by atoms with Crippen LogP contribution in [0.3, 0.4) is 0 Å². The smallest absolute Gasteiger partial charge is 0.270 e. The molecule has 2 aliphatic rings. The molecule has 4 rings (SSSR count). The van der Waals surface area contributed by atoms with Crippen molar-refractivity contribution in [2.75, 3.05) is 19.7 Å². The van der Waals surface area contributed by atoms with E-state index in [1.807, 2.05) is 6.07 Å². The molecule has 0 aromatic carbocycles. The highest BCUT2D eigenvalue weighted by Gasteiger charge is 2.39. The molecule has 6 heteroatoms. The van der Waals surface area contributed by atoms with Crippen molar-refractivity contribution in [1.29, 1.82) is 0 Å². The number of ether oxygens (including phenoxy) is 1. The van der Waals surface area contributed by atoms with Gasteiger partial charge in [0, 0.05) is 32.1 Å². The Morgan fingerprint density at radius 1 is 1.22 bits per heavy atom. The highest BCUT2D eigenvalue weighted by Crippen LogP contribution is 2.35. The highest BCUT2D eigenvalue weighted by atomic mass is 16.5. The first-order valence-electron chi connectivity index (χ1n) is 8.08. The molecule has 2 aliphatic heterocycles. The highest BCUT2D eigenvalue weighted by molar-refractivity contribution is 5.93. The van der Waals surface area contributed by atoms with E-state index >= 15 is 0 Å². The lowest BCUT2D eigenvalue weighted by Crippen LogP contribution is -2.47. The molecule has 23 heavy (non-hydrogen) atoms. The normalized spacial score (nSPS) is 20.3. The van der Waals surface area contributed by atoms with Gasteiger partial charge in [0.25, 0.3) is 11.5 Å². The summed E-state index contributed by atoms with van der Waals surface area (Å²) in [6.45, 7) is 2.09. The van der Waals surface area contributed by atoms with Gasteiger partial charge >= 0.3 is 0 Å². The minimum Gasteiger partial charge on any atom is -0.375 e. The maximum Gasteiger partial charge on any atom is 0.270 e. The van der Waals surface area contributed by atoms with Gasteiger partial charge < -0.3 is 9.64 Å². The van der Waals surface area contributed by atoms with Gasteiger partial charge in [-0.15, -0.1) is 0 Å². The number of carbonyl (C=O) groups is 1. The number of piperidine rings is 1. The van der Waals surface area contributed by atoms with Crippen LogP contribution in [0.1, 0.15) is 36.0 Å². The second-order valence-corrected chi connectivity index (χ2v) is 6.33. The molecule has 0 atom stereocenters. The monoisotopic (exact) mass is 313 g/mol. The molecule has 1 amide bonds. The fourth-order valence-corrected chi connectivity index (χ4v) is 3.61. The first-order valence-corrected chi connectivity index (χ1v) is 8.08. The summed E-state index contributed by atoms with van der Waals surface area (Å²) in [6.07, 6.45) is 6.91. The van der Waals surface area contributed by atoms with Crippen molar-refractivity contribution in [2.24, 2.45) is 0 Å². The van der Waals surface area contributed by atoms with Gasteiger partial charge in [-0.1, -0.05) is 6.07 Å². The molecule has 2 saturated heterocycles. The molecule has 2 fully saturated rings. The maximum atomic E-state index is 12.7. The van der Waals surface area contributed by atoms with E-state index in [0.717, 1.165) is 32.3 Å². The lowest BCUT2D eigenvalue weighted by molar-refractivity contribution is -0.0387. The van der Waals surface area contributed by atoms with Crippen LogP contribution in [0.15, 0.2) is 35.4 Å². The van der Waals surface area contributed by atoms with Gasteiger partial charge in [0.1, 0.15) is 11.2 Å². The number of aromatic nitrogens is 2. The predicted molar refractivity (Wildman–Crippen MR) is 84.5 cm³/mol. The summed E-state index contributed by atoms with van der Waals surface area (Å²) in [5, 5.41) is 0. The number of fused-ring (bicyclic) bond motifs is 1. The largest absolute Gasteiger partial charge is 0.375 e. The number of nitrogens with zero attached hydrogens (tertiary/aromatic N) is 3. The van der Waals surface area contributed by atoms with Crippen molar-refractivity contribution in [2.45, 2.75) is 31.3 Å². The van der Waals surface area contributed by atoms with E-state index in [1.165, 1.54) is 10.6 Å². The molecular formula is C17H19N3O3. The van der Waals surface area contributed by atoms with Crippen LogP contribution in [-0.4, -0.2) is 45.5 Å². The summed E-state index contributed by atoms with van der Waals surface area (Å²) in [6, 6.07) is 5.32. The molecule has 0 aliphatic carbocycles. The Balaban J connectivity index is 1.58. The molecule has 1 spiro atoms. The first-order chi connectivity index (χ1) is 11.2. The molecule has 0 radical (unpaired) electrons. The third-order valence-electron chi connectivity index (χ3n) is 4.99. The standard InChI is InChI=1S/C17H19N3O3/c21-15(19-9-6-17(7-10-19)5-3-11-23-17)13-12-18-14-4-1-2-8-20(14)16(13)22/h1-2,4,8,12H,3,5-7,9-11H2. The van der Waals surface area contributed by atoms with Crippen molar-refractivity contribution in [1.82, 2.24) is 14.3 Å². The quantitative estimate of drug-likeness (QED) is 0.800. The van der Waals surface area contributed by atoms with Crippen molar-refractivity contribution >= 4 is 11.6 Å². The second-order valence-electron chi connectivity index (χ2n) is 6.33. The summed E-state index contributed by atoms with van der Waals surface area (Å²) in [5.41, 5.74) is 0.342. The molecule has 2 aromatic heterocycles. The van der Waals surface area contributed by atoms with Crippen molar-refractivity contribution in [3.8, 4) is 0 Å². The van der Waals surface area contributed by atoms with E-state index in [4.69, 9.17) is 4.74 Å². The molecule has 4 heterocycles. The van der Waals surface area contributed by atoms with Crippen LogP contribution < -0.4 is 5.56 Å². The number of rotatable bonds is 1. The summed E-state index contributed by atoms with van der Waals surface area (Å²) in [7, 11) is 0. The predicted octanol–water partition coefficient (Wildman–Crippen LogP) is 1.48. The van der Waals surface area contributed by atoms with Crippen LogP contribution in [0, 0.1) is 0 Å². The van der Waals surface area contributed by atoms with E-state index < -0.39 is 0 Å².